The molecule has 0 saturated heterocycles. The number of pyridine rings is 2. The lowest BCUT2D eigenvalue weighted by Gasteiger charge is -2.14. The molecular formula is C22H17ClF3N3O4. The summed E-state index contributed by atoms with van der Waals surface area (Å²) in [4.78, 5) is 32.3. The van der Waals surface area contributed by atoms with Crippen molar-refractivity contribution in [3.63, 3.8) is 0 Å². The lowest BCUT2D eigenvalue weighted by atomic mass is 10.1. The molecule has 0 unspecified atom stereocenters. The first kappa shape index (κ1) is 24.0. The molecular weight excluding hydrogens is 463 g/mol. The molecule has 1 N–H and O–H groups in total. The zero-order chi connectivity index (χ0) is 24.0. The van der Waals surface area contributed by atoms with Crippen LogP contribution in [0.25, 0.3) is 11.1 Å². The number of hydrogen-bond donors (Lipinski definition) is 1. The Bertz CT molecular complexity index is 1150. The van der Waals surface area contributed by atoms with Crippen LogP contribution in [0.3, 0.4) is 0 Å². The van der Waals surface area contributed by atoms with Gasteiger partial charge in [0.1, 0.15) is 0 Å². The van der Waals surface area contributed by atoms with E-state index in [1.807, 2.05) is 0 Å². The van der Waals surface area contributed by atoms with Crippen LogP contribution < -0.4 is 10.1 Å². The standard InChI is InChI=1S/C22H17ClF3N3O4/c1-2-32-21(31)15-7-14(9-27-10-15)19(30)29-17-8-18(13-3-5-16(23)6-4-13)20(28-11-17)33-12-22(24,25)26/h3-11H,2,12H2,1H3,(H,29,30). The SMILES string of the molecule is CCOC(=O)c1cncc(C(=O)Nc2cnc(OCC(F)(F)F)c(-c3ccc(Cl)cc3)c2)c1. The van der Waals surface area contributed by atoms with Crippen LogP contribution in [0, 0.1) is 0 Å². The number of rotatable bonds is 7. The van der Waals surface area contributed by atoms with Crippen LogP contribution in [-0.2, 0) is 4.74 Å². The molecule has 0 bridgehead atoms. The third-order valence-electron chi connectivity index (χ3n) is 4.15. The number of aromatic nitrogens is 2. The van der Waals surface area contributed by atoms with Crippen molar-refractivity contribution in [3.8, 4) is 17.0 Å². The van der Waals surface area contributed by atoms with Crippen LogP contribution in [0.5, 0.6) is 5.88 Å². The zero-order valence-electron chi connectivity index (χ0n) is 17.1. The van der Waals surface area contributed by atoms with E-state index in [9.17, 15) is 22.8 Å². The van der Waals surface area contributed by atoms with E-state index in [0.717, 1.165) is 6.20 Å². The zero-order valence-corrected chi connectivity index (χ0v) is 17.9. The maximum atomic E-state index is 12.7. The minimum absolute atomic E-state index is 0.0750. The van der Waals surface area contributed by atoms with Gasteiger partial charge in [-0.1, -0.05) is 23.7 Å². The van der Waals surface area contributed by atoms with Gasteiger partial charge in [0.05, 0.1) is 29.6 Å². The Morgan fingerprint density at radius 3 is 2.42 bits per heavy atom. The topological polar surface area (TPSA) is 90.4 Å². The van der Waals surface area contributed by atoms with E-state index in [4.69, 9.17) is 21.1 Å². The number of nitrogens with one attached hydrogen (secondary N) is 1. The van der Waals surface area contributed by atoms with Crippen molar-refractivity contribution >= 4 is 29.2 Å². The van der Waals surface area contributed by atoms with Crippen molar-refractivity contribution in [2.24, 2.45) is 0 Å². The van der Waals surface area contributed by atoms with E-state index in [1.165, 1.54) is 24.5 Å². The molecule has 1 aromatic carbocycles. The number of carbonyl (C=O) groups is 2. The first-order chi connectivity index (χ1) is 15.7. The summed E-state index contributed by atoms with van der Waals surface area (Å²) in [7, 11) is 0. The Hall–Kier alpha value is -3.66. The minimum atomic E-state index is -4.55. The molecule has 3 aromatic rings. The van der Waals surface area contributed by atoms with Crippen molar-refractivity contribution in [2.75, 3.05) is 18.5 Å². The van der Waals surface area contributed by atoms with Crippen LogP contribution >= 0.6 is 11.6 Å². The van der Waals surface area contributed by atoms with E-state index in [0.29, 0.717) is 10.6 Å². The van der Waals surface area contributed by atoms with E-state index in [-0.39, 0.29) is 34.9 Å². The fourth-order valence-corrected chi connectivity index (χ4v) is 2.84. The molecule has 11 heteroatoms. The number of ether oxygens (including phenoxy) is 2. The summed E-state index contributed by atoms with van der Waals surface area (Å²) in [6, 6.07) is 9.01. The van der Waals surface area contributed by atoms with Crippen molar-refractivity contribution in [1.29, 1.82) is 0 Å². The average Bonchev–Trinajstić information content (AvgIpc) is 2.78. The quantitative estimate of drug-likeness (QED) is 0.470. The molecule has 0 aliphatic heterocycles. The highest BCUT2D eigenvalue weighted by atomic mass is 35.5. The maximum absolute atomic E-state index is 12.7. The van der Waals surface area contributed by atoms with Crippen molar-refractivity contribution < 1.29 is 32.2 Å². The van der Waals surface area contributed by atoms with Gasteiger partial charge in [0, 0.05) is 23.0 Å². The molecule has 33 heavy (non-hydrogen) atoms. The van der Waals surface area contributed by atoms with Gasteiger partial charge in [-0.3, -0.25) is 9.78 Å². The van der Waals surface area contributed by atoms with Gasteiger partial charge >= 0.3 is 12.1 Å². The van der Waals surface area contributed by atoms with Crippen LogP contribution in [0.15, 0.2) is 55.0 Å². The van der Waals surface area contributed by atoms with Crippen LogP contribution in [-0.4, -0.2) is 41.2 Å². The van der Waals surface area contributed by atoms with Gasteiger partial charge in [-0.25, -0.2) is 9.78 Å². The molecule has 172 valence electrons. The number of alkyl halides is 3. The Labute approximate surface area is 191 Å². The third-order valence-corrected chi connectivity index (χ3v) is 4.40. The van der Waals surface area contributed by atoms with Crippen LogP contribution in [0.2, 0.25) is 5.02 Å². The van der Waals surface area contributed by atoms with Gasteiger partial charge in [0.15, 0.2) is 6.61 Å². The van der Waals surface area contributed by atoms with Crippen molar-refractivity contribution in [2.45, 2.75) is 13.1 Å². The highest BCUT2D eigenvalue weighted by Gasteiger charge is 2.29. The molecule has 0 atom stereocenters. The molecule has 0 fully saturated rings. The van der Waals surface area contributed by atoms with Crippen molar-refractivity contribution in [3.05, 3.63) is 71.1 Å². The fraction of sp³-hybridized carbons (Fsp3) is 0.182. The fourth-order valence-electron chi connectivity index (χ4n) is 2.72. The van der Waals surface area contributed by atoms with Gasteiger partial charge in [0.2, 0.25) is 5.88 Å². The Kier molecular flexibility index (Phi) is 7.49. The minimum Gasteiger partial charge on any atom is -0.468 e. The first-order valence-corrected chi connectivity index (χ1v) is 9.93. The molecule has 0 spiro atoms. The first-order valence-electron chi connectivity index (χ1n) is 9.55. The monoisotopic (exact) mass is 479 g/mol. The lowest BCUT2D eigenvalue weighted by molar-refractivity contribution is -0.154. The van der Waals surface area contributed by atoms with E-state index >= 15 is 0 Å². The van der Waals surface area contributed by atoms with E-state index in [1.54, 1.807) is 31.2 Å². The summed E-state index contributed by atoms with van der Waals surface area (Å²) in [5, 5.41) is 3.01. The van der Waals surface area contributed by atoms with Gasteiger partial charge in [-0.2, -0.15) is 13.2 Å². The van der Waals surface area contributed by atoms with Crippen LogP contribution in [0.1, 0.15) is 27.6 Å². The van der Waals surface area contributed by atoms with Gasteiger partial charge < -0.3 is 14.8 Å². The summed E-state index contributed by atoms with van der Waals surface area (Å²) >= 11 is 5.89. The lowest BCUT2D eigenvalue weighted by Crippen LogP contribution is -2.20. The summed E-state index contributed by atoms with van der Waals surface area (Å²) in [5.41, 5.74) is 1.05. The molecule has 0 aliphatic carbocycles. The third kappa shape index (κ3) is 6.66. The summed E-state index contributed by atoms with van der Waals surface area (Å²) in [6.45, 7) is 0.283. The molecule has 2 heterocycles. The maximum Gasteiger partial charge on any atom is 0.422 e. The highest BCUT2D eigenvalue weighted by molar-refractivity contribution is 6.30. The number of anilines is 1. The largest absolute Gasteiger partial charge is 0.468 e. The Morgan fingerprint density at radius 2 is 1.76 bits per heavy atom. The average molecular weight is 480 g/mol. The smallest absolute Gasteiger partial charge is 0.422 e. The number of benzene rings is 1. The van der Waals surface area contributed by atoms with E-state index < -0.39 is 24.7 Å². The van der Waals surface area contributed by atoms with Crippen LogP contribution in [0.4, 0.5) is 18.9 Å². The number of nitrogens with zero attached hydrogens (tertiary/aromatic N) is 2. The predicted octanol–water partition coefficient (Wildman–Crippen LogP) is 5.17. The number of hydrogen-bond acceptors (Lipinski definition) is 6. The molecule has 0 radical (unpaired) electrons. The summed E-state index contributed by atoms with van der Waals surface area (Å²) in [5.74, 6) is -1.50. The molecule has 3 rings (SSSR count). The van der Waals surface area contributed by atoms with Gasteiger partial charge in [-0.05, 0) is 36.8 Å². The molecule has 2 aromatic heterocycles. The summed E-state index contributed by atoms with van der Waals surface area (Å²) < 4.78 is 47.7. The summed E-state index contributed by atoms with van der Waals surface area (Å²) in [6.07, 6.45) is -0.872. The second-order valence-electron chi connectivity index (χ2n) is 6.62. The number of esters is 1. The molecule has 0 aliphatic rings. The highest BCUT2D eigenvalue weighted by Crippen LogP contribution is 2.32. The predicted molar refractivity (Wildman–Crippen MR) is 114 cm³/mol. The molecule has 1 amide bonds. The molecule has 0 saturated carbocycles. The Balaban J connectivity index is 1.88. The number of carbonyl (C=O) groups excluding carboxylic acids is 2. The normalized spacial score (nSPS) is 11.1. The van der Waals surface area contributed by atoms with Gasteiger partial charge in [0.25, 0.3) is 5.91 Å². The Morgan fingerprint density at radius 1 is 1.06 bits per heavy atom. The van der Waals surface area contributed by atoms with Gasteiger partial charge in [-0.15, -0.1) is 0 Å². The number of amides is 1. The van der Waals surface area contributed by atoms with Crippen molar-refractivity contribution in [1.82, 2.24) is 9.97 Å². The number of halogens is 4. The molecule has 7 nitrogen and oxygen atoms in total. The second kappa shape index (κ2) is 10.3. The van der Waals surface area contributed by atoms with E-state index in [2.05, 4.69) is 15.3 Å². The second-order valence-corrected chi connectivity index (χ2v) is 7.06.